The lowest BCUT2D eigenvalue weighted by Gasteiger charge is -2.14. The van der Waals surface area contributed by atoms with Crippen LogP contribution in [0.3, 0.4) is 0 Å². The van der Waals surface area contributed by atoms with Crippen LogP contribution in [-0.4, -0.2) is 0 Å². The summed E-state index contributed by atoms with van der Waals surface area (Å²) >= 11 is 0. The fraction of sp³-hybridized carbons (Fsp3) is 0.320. The molecule has 0 spiro atoms. The van der Waals surface area contributed by atoms with E-state index in [1.807, 2.05) is 43.3 Å². The van der Waals surface area contributed by atoms with E-state index < -0.39 is 19.6 Å². The summed E-state index contributed by atoms with van der Waals surface area (Å²) in [6.07, 6.45) is 1.62. The molecule has 0 N–H and O–H groups in total. The van der Waals surface area contributed by atoms with Gasteiger partial charge in [0.15, 0.2) is 6.20 Å². The molecule has 0 fully saturated rings. The molecule has 0 amide bonds. The van der Waals surface area contributed by atoms with E-state index in [-0.39, 0.29) is 11.1 Å². The van der Waals surface area contributed by atoms with Crippen molar-refractivity contribution in [2.45, 2.75) is 47.3 Å². The van der Waals surface area contributed by atoms with Crippen LogP contribution in [0.1, 0.15) is 57.2 Å². The van der Waals surface area contributed by atoms with Gasteiger partial charge >= 0.3 is 0 Å². The number of hydrogen-bond donors (Lipinski definition) is 0. The van der Waals surface area contributed by atoms with Crippen LogP contribution in [0.2, 0.25) is 0 Å². The number of benzene rings is 2. The minimum absolute atomic E-state index is 0.252. The van der Waals surface area contributed by atoms with Crippen LogP contribution in [0.5, 0.6) is 0 Å². The molecule has 1 aromatic heterocycles. The lowest BCUT2D eigenvalue weighted by molar-refractivity contribution is -0.660. The van der Waals surface area contributed by atoms with Gasteiger partial charge in [-0.1, -0.05) is 44.2 Å². The van der Waals surface area contributed by atoms with E-state index in [1.165, 1.54) is 0 Å². The Morgan fingerprint density at radius 2 is 1.65 bits per heavy atom. The van der Waals surface area contributed by atoms with Gasteiger partial charge in [0.1, 0.15) is 7.05 Å². The second-order valence-electron chi connectivity index (χ2n) is 7.16. The van der Waals surface area contributed by atoms with Gasteiger partial charge in [-0.05, 0) is 72.9 Å². The smallest absolute Gasteiger partial charge is 0.201 e. The number of aryl methyl sites for hydroxylation is 5. The van der Waals surface area contributed by atoms with Crippen LogP contribution in [0.25, 0.3) is 22.4 Å². The van der Waals surface area contributed by atoms with Crippen molar-refractivity contribution in [1.82, 2.24) is 0 Å². The molecule has 0 atom stereocenters. The molecule has 0 bridgehead atoms. The van der Waals surface area contributed by atoms with Gasteiger partial charge in [0.2, 0.25) is 5.69 Å². The predicted octanol–water partition coefficient (Wildman–Crippen LogP) is 6.20. The number of pyridine rings is 1. The maximum atomic E-state index is 8.38. The Balaban J connectivity index is 2.31. The van der Waals surface area contributed by atoms with E-state index in [2.05, 4.69) is 0 Å². The van der Waals surface area contributed by atoms with Crippen molar-refractivity contribution >= 4 is 0 Å². The van der Waals surface area contributed by atoms with Crippen molar-refractivity contribution in [2.24, 2.45) is 7.05 Å². The molecule has 0 saturated carbocycles. The van der Waals surface area contributed by atoms with Crippen LogP contribution in [-0.2, 0) is 7.05 Å². The quantitative estimate of drug-likeness (QED) is 0.494. The minimum Gasteiger partial charge on any atom is -0.201 e. The third-order valence-electron chi connectivity index (χ3n) is 4.87. The molecule has 0 unspecified atom stereocenters. The van der Waals surface area contributed by atoms with Crippen molar-refractivity contribution in [1.29, 1.82) is 0 Å². The topological polar surface area (TPSA) is 3.88 Å². The molecule has 134 valence electrons. The van der Waals surface area contributed by atoms with Crippen LogP contribution >= 0.6 is 0 Å². The van der Waals surface area contributed by atoms with E-state index in [4.69, 9.17) is 9.60 Å². The Kier molecular flexibility index (Phi) is 3.08. The summed E-state index contributed by atoms with van der Waals surface area (Å²) < 4.78 is 57.8. The lowest BCUT2D eigenvalue weighted by atomic mass is 9.91. The maximum Gasteiger partial charge on any atom is 0.212 e. The molecule has 1 nitrogen and oxygen atoms in total. The number of rotatable bonds is 3. The van der Waals surface area contributed by atoms with Crippen molar-refractivity contribution in [3.8, 4) is 22.4 Å². The normalized spacial score (nSPS) is 16.6. The molecule has 2 aromatic carbocycles. The average molecular weight is 352 g/mol. The van der Waals surface area contributed by atoms with Crippen molar-refractivity contribution < 1.29 is 14.2 Å². The SMILES string of the molecule is [2H]C([2H])([2H])c1c[n+](C)c(-c2cc(-c3cccc(C([2H])(C)C)c3)c(C([2H])([2H])[2H])cc2C)cc1C. The first-order chi connectivity index (χ1) is 15.0. The molecule has 3 aromatic rings. The molecule has 0 aliphatic rings. The van der Waals surface area contributed by atoms with E-state index >= 15 is 0 Å². The van der Waals surface area contributed by atoms with Gasteiger partial charge in [0, 0.05) is 26.8 Å². The first-order valence-corrected chi connectivity index (χ1v) is 8.77. The van der Waals surface area contributed by atoms with E-state index in [9.17, 15) is 0 Å². The third-order valence-corrected chi connectivity index (χ3v) is 4.87. The van der Waals surface area contributed by atoms with Gasteiger partial charge in [-0.25, -0.2) is 4.57 Å². The molecule has 1 heteroatoms. The van der Waals surface area contributed by atoms with Gasteiger partial charge in [0.05, 0.1) is 0 Å². The first-order valence-electron chi connectivity index (χ1n) is 12.3. The molecule has 26 heavy (non-hydrogen) atoms. The summed E-state index contributed by atoms with van der Waals surface area (Å²) in [6.45, 7) is 2.71. The number of aromatic nitrogens is 1. The molecular formula is C25H30N+. The Bertz CT molecular complexity index is 1200. The summed E-state index contributed by atoms with van der Waals surface area (Å²) in [4.78, 5) is 0. The molecule has 3 rings (SSSR count). The highest BCUT2D eigenvalue weighted by atomic mass is 14.9. The van der Waals surface area contributed by atoms with Crippen LogP contribution in [0.4, 0.5) is 0 Å². The number of nitrogens with zero attached hydrogens (tertiary/aromatic N) is 1. The summed E-state index contributed by atoms with van der Waals surface area (Å²) in [6, 6.07) is 12.9. The summed E-state index contributed by atoms with van der Waals surface area (Å²) in [5, 5.41) is 0. The Morgan fingerprint density at radius 1 is 0.885 bits per heavy atom. The second kappa shape index (κ2) is 7.07. The van der Waals surface area contributed by atoms with Gasteiger partial charge in [-0.2, -0.15) is 0 Å². The third kappa shape index (κ3) is 3.44. The zero-order valence-corrected chi connectivity index (χ0v) is 16.1. The minimum atomic E-state index is -2.31. The highest BCUT2D eigenvalue weighted by molar-refractivity contribution is 5.76. The molecule has 0 radical (unpaired) electrons. The van der Waals surface area contributed by atoms with E-state index in [0.717, 1.165) is 27.9 Å². The van der Waals surface area contributed by atoms with E-state index in [1.54, 1.807) is 44.6 Å². The Hall–Kier alpha value is -2.41. The zero-order chi connectivity index (χ0) is 24.9. The lowest BCUT2D eigenvalue weighted by Crippen LogP contribution is -2.31. The first kappa shape index (κ1) is 11.3. The fourth-order valence-corrected chi connectivity index (χ4v) is 3.24. The second-order valence-corrected chi connectivity index (χ2v) is 7.16. The Morgan fingerprint density at radius 3 is 2.35 bits per heavy atom. The molecular weight excluding hydrogens is 314 g/mol. The summed E-state index contributed by atoms with van der Waals surface area (Å²) in [7, 11) is 1.80. The highest BCUT2D eigenvalue weighted by Gasteiger charge is 2.17. The van der Waals surface area contributed by atoms with Crippen molar-refractivity contribution in [3.05, 3.63) is 76.5 Å². The van der Waals surface area contributed by atoms with Crippen LogP contribution in [0, 0.1) is 27.6 Å². The van der Waals surface area contributed by atoms with Crippen molar-refractivity contribution in [3.63, 3.8) is 0 Å². The molecule has 0 aliphatic heterocycles. The molecule has 1 heterocycles. The molecule has 0 saturated heterocycles. The van der Waals surface area contributed by atoms with Gasteiger partial charge in [-0.3, -0.25) is 0 Å². The predicted molar refractivity (Wildman–Crippen MR) is 112 cm³/mol. The summed E-state index contributed by atoms with van der Waals surface area (Å²) in [5.74, 6) is -0.821. The average Bonchev–Trinajstić information content (AvgIpc) is 2.67. The standard InChI is InChI=1S/C25H30N/c1-16(2)21-9-8-10-22(13-21)23-14-24(19(5)11-18(23)4)25-12-17(3)20(6)15-26(25)7/h8-16H,1-7H3/q+1/i4D3,6D3,16D. The van der Waals surface area contributed by atoms with Crippen LogP contribution < -0.4 is 4.57 Å². The Labute approximate surface area is 168 Å². The van der Waals surface area contributed by atoms with Gasteiger partial charge in [-0.15, -0.1) is 0 Å². The van der Waals surface area contributed by atoms with Gasteiger partial charge < -0.3 is 0 Å². The van der Waals surface area contributed by atoms with E-state index in [0.29, 0.717) is 11.1 Å². The monoisotopic (exact) mass is 351 g/mol. The maximum absolute atomic E-state index is 8.38. The zero-order valence-electron chi connectivity index (χ0n) is 23.1. The number of hydrogen-bond acceptors (Lipinski definition) is 0. The highest BCUT2D eigenvalue weighted by Crippen LogP contribution is 2.32. The van der Waals surface area contributed by atoms with Crippen molar-refractivity contribution in [2.75, 3.05) is 0 Å². The molecule has 0 aliphatic carbocycles. The van der Waals surface area contributed by atoms with Crippen LogP contribution in [0.15, 0.2) is 48.7 Å². The fourth-order valence-electron chi connectivity index (χ4n) is 3.24. The van der Waals surface area contributed by atoms with Gasteiger partial charge in [0.25, 0.3) is 0 Å². The summed E-state index contributed by atoms with van der Waals surface area (Å²) in [5.41, 5.74) is 5.73. The largest absolute Gasteiger partial charge is 0.212 e.